The van der Waals surface area contributed by atoms with E-state index in [1.165, 1.54) is 0 Å². The van der Waals surface area contributed by atoms with Gasteiger partial charge in [0.1, 0.15) is 11.3 Å². The number of oxazole rings is 1. The first-order valence-corrected chi connectivity index (χ1v) is 11.9. The van der Waals surface area contributed by atoms with Gasteiger partial charge in [-0.3, -0.25) is 10.1 Å². The molecular formula is C24H19ClIN3O3S. The van der Waals surface area contributed by atoms with Crippen molar-refractivity contribution in [3.8, 4) is 17.2 Å². The van der Waals surface area contributed by atoms with Crippen LogP contribution in [-0.2, 0) is 0 Å². The fourth-order valence-electron chi connectivity index (χ4n) is 3.08. The van der Waals surface area contributed by atoms with Crippen molar-refractivity contribution < 1.29 is 13.9 Å². The smallest absolute Gasteiger partial charge is 0.257 e. The SMILES string of the molecule is CC(C)Oc1ccc(C(=O)NC(=S)Nc2ccc3oc(-c4cc(I)ccc4Cl)nc3c2)cc1. The number of thiocarbonyl (C=S) groups is 1. The number of anilines is 1. The summed E-state index contributed by atoms with van der Waals surface area (Å²) in [6.07, 6.45) is 0.0630. The summed E-state index contributed by atoms with van der Waals surface area (Å²) < 4.78 is 12.5. The van der Waals surface area contributed by atoms with Crippen molar-refractivity contribution in [2.24, 2.45) is 0 Å². The van der Waals surface area contributed by atoms with Gasteiger partial charge in [-0.2, -0.15) is 0 Å². The Hall–Kier alpha value is -2.69. The Morgan fingerprint density at radius 2 is 1.88 bits per heavy atom. The summed E-state index contributed by atoms with van der Waals surface area (Å²) in [5.41, 5.74) is 3.12. The number of carbonyl (C=O) groups excluding carboxylic acids is 1. The van der Waals surface area contributed by atoms with Gasteiger partial charge in [-0.1, -0.05) is 11.6 Å². The first-order chi connectivity index (χ1) is 15.8. The molecule has 6 nitrogen and oxygen atoms in total. The molecule has 4 rings (SSSR count). The second-order valence-electron chi connectivity index (χ2n) is 7.42. The van der Waals surface area contributed by atoms with Crippen LogP contribution in [0.1, 0.15) is 24.2 Å². The van der Waals surface area contributed by atoms with Crippen LogP contribution in [0.15, 0.2) is 65.1 Å². The summed E-state index contributed by atoms with van der Waals surface area (Å²) in [5, 5.41) is 6.42. The van der Waals surface area contributed by atoms with E-state index in [1.54, 1.807) is 42.5 Å². The minimum atomic E-state index is -0.318. The third-order valence-corrected chi connectivity index (χ3v) is 5.72. The normalized spacial score (nSPS) is 10.9. The Morgan fingerprint density at radius 1 is 1.12 bits per heavy atom. The maximum absolute atomic E-state index is 12.5. The molecule has 9 heteroatoms. The van der Waals surface area contributed by atoms with E-state index in [9.17, 15) is 4.79 Å². The van der Waals surface area contributed by atoms with Gasteiger partial charge >= 0.3 is 0 Å². The highest BCUT2D eigenvalue weighted by Gasteiger charge is 2.14. The topological polar surface area (TPSA) is 76.4 Å². The van der Waals surface area contributed by atoms with Crippen LogP contribution in [0.3, 0.4) is 0 Å². The zero-order valence-corrected chi connectivity index (χ0v) is 21.4. The average molecular weight is 592 g/mol. The summed E-state index contributed by atoms with van der Waals surface area (Å²) >= 11 is 13.8. The Balaban J connectivity index is 1.44. The van der Waals surface area contributed by atoms with Gasteiger partial charge in [-0.05, 0) is 109 Å². The first kappa shape index (κ1) is 23.5. The molecule has 0 atom stereocenters. The maximum atomic E-state index is 12.5. The second-order valence-corrected chi connectivity index (χ2v) is 9.49. The predicted molar refractivity (Wildman–Crippen MR) is 143 cm³/mol. The lowest BCUT2D eigenvalue weighted by Gasteiger charge is -2.11. The molecule has 1 aromatic heterocycles. The van der Waals surface area contributed by atoms with E-state index < -0.39 is 0 Å². The molecule has 0 spiro atoms. The monoisotopic (exact) mass is 591 g/mol. The van der Waals surface area contributed by atoms with E-state index in [1.807, 2.05) is 32.0 Å². The number of ether oxygens (including phenoxy) is 1. The van der Waals surface area contributed by atoms with Crippen LogP contribution in [0.4, 0.5) is 5.69 Å². The molecule has 4 aromatic rings. The van der Waals surface area contributed by atoms with Crippen LogP contribution in [0.2, 0.25) is 5.02 Å². The molecule has 0 saturated heterocycles. The van der Waals surface area contributed by atoms with E-state index >= 15 is 0 Å². The van der Waals surface area contributed by atoms with Gasteiger partial charge in [0.05, 0.1) is 16.7 Å². The van der Waals surface area contributed by atoms with Crippen molar-refractivity contribution in [2.75, 3.05) is 5.32 Å². The summed E-state index contributed by atoms with van der Waals surface area (Å²) in [6, 6.07) is 17.9. The van der Waals surface area contributed by atoms with E-state index in [0.29, 0.717) is 39.0 Å². The number of amides is 1. The third kappa shape index (κ3) is 5.82. The molecule has 1 heterocycles. The molecule has 2 N–H and O–H groups in total. The number of halogens is 2. The molecule has 0 aliphatic carbocycles. The predicted octanol–water partition coefficient (Wildman–Crippen LogP) is 6.67. The minimum absolute atomic E-state index is 0.0630. The lowest BCUT2D eigenvalue weighted by molar-refractivity contribution is 0.0977. The van der Waals surface area contributed by atoms with Crippen LogP contribution < -0.4 is 15.4 Å². The van der Waals surface area contributed by atoms with Gasteiger partial charge in [0, 0.05) is 14.8 Å². The Bertz CT molecular complexity index is 1340. The molecule has 33 heavy (non-hydrogen) atoms. The van der Waals surface area contributed by atoms with Crippen molar-refractivity contribution in [1.29, 1.82) is 0 Å². The molecule has 3 aromatic carbocycles. The molecule has 0 bridgehead atoms. The quantitative estimate of drug-likeness (QED) is 0.200. The number of hydrogen-bond acceptors (Lipinski definition) is 5. The third-order valence-electron chi connectivity index (χ3n) is 4.52. The lowest BCUT2D eigenvalue weighted by atomic mass is 10.2. The number of aromatic nitrogens is 1. The maximum Gasteiger partial charge on any atom is 0.257 e. The Morgan fingerprint density at radius 3 is 2.61 bits per heavy atom. The fraction of sp³-hybridized carbons (Fsp3) is 0.125. The number of hydrogen-bond donors (Lipinski definition) is 2. The number of nitrogens with zero attached hydrogens (tertiary/aromatic N) is 1. The van der Waals surface area contributed by atoms with E-state index in [0.717, 1.165) is 9.13 Å². The van der Waals surface area contributed by atoms with Crippen LogP contribution >= 0.6 is 46.4 Å². The zero-order chi connectivity index (χ0) is 23.5. The standard InChI is InChI=1S/C24H19ClIN3O3S/c1-13(2)31-17-7-3-14(4-8-17)22(30)29-24(33)27-16-6-10-21-20(12-16)28-23(32-21)18-11-15(26)5-9-19(18)25/h3-13H,1-2H3,(H2,27,29,30,33). The van der Waals surface area contributed by atoms with Gasteiger partial charge in [-0.25, -0.2) is 4.98 Å². The number of rotatable bonds is 5. The molecule has 0 radical (unpaired) electrons. The molecule has 0 aliphatic heterocycles. The number of fused-ring (bicyclic) bond motifs is 1. The van der Waals surface area contributed by atoms with Gasteiger partial charge in [-0.15, -0.1) is 0 Å². The lowest BCUT2D eigenvalue weighted by Crippen LogP contribution is -2.34. The number of nitrogens with one attached hydrogen (secondary N) is 2. The van der Waals surface area contributed by atoms with Crippen molar-refractivity contribution in [3.63, 3.8) is 0 Å². The summed E-state index contributed by atoms with van der Waals surface area (Å²) in [5.74, 6) is 0.821. The first-order valence-electron chi connectivity index (χ1n) is 10.0. The van der Waals surface area contributed by atoms with Crippen molar-refractivity contribution >= 4 is 74.2 Å². The number of benzene rings is 3. The largest absolute Gasteiger partial charge is 0.491 e. The average Bonchev–Trinajstić information content (AvgIpc) is 3.18. The molecule has 0 unspecified atom stereocenters. The summed E-state index contributed by atoms with van der Waals surface area (Å²) in [6.45, 7) is 3.89. The molecular weight excluding hydrogens is 573 g/mol. The van der Waals surface area contributed by atoms with E-state index in [-0.39, 0.29) is 17.1 Å². The van der Waals surface area contributed by atoms with E-state index in [4.69, 9.17) is 33.0 Å². The molecule has 1 amide bonds. The Kier molecular flexibility index (Phi) is 7.16. The van der Waals surface area contributed by atoms with E-state index in [2.05, 4.69) is 38.2 Å². The highest BCUT2D eigenvalue weighted by molar-refractivity contribution is 14.1. The zero-order valence-electron chi connectivity index (χ0n) is 17.7. The van der Waals surface area contributed by atoms with Crippen LogP contribution in [0.5, 0.6) is 5.75 Å². The molecule has 0 saturated carbocycles. The Labute approximate surface area is 214 Å². The molecule has 0 aliphatic rings. The number of carbonyl (C=O) groups is 1. The van der Waals surface area contributed by atoms with Crippen molar-refractivity contribution in [3.05, 3.63) is 74.8 Å². The van der Waals surface area contributed by atoms with Crippen LogP contribution in [0.25, 0.3) is 22.6 Å². The van der Waals surface area contributed by atoms with Crippen molar-refractivity contribution in [1.82, 2.24) is 10.3 Å². The van der Waals surface area contributed by atoms with Gasteiger partial charge in [0.2, 0.25) is 5.89 Å². The van der Waals surface area contributed by atoms with Gasteiger partial charge in [0.15, 0.2) is 10.7 Å². The minimum Gasteiger partial charge on any atom is -0.491 e. The second kappa shape index (κ2) is 10.1. The summed E-state index contributed by atoms with van der Waals surface area (Å²) in [4.78, 5) is 17.0. The van der Waals surface area contributed by atoms with Gasteiger partial charge in [0.25, 0.3) is 5.91 Å². The molecule has 0 fully saturated rings. The highest BCUT2D eigenvalue weighted by atomic mass is 127. The fourth-order valence-corrected chi connectivity index (χ4v) is 3.98. The van der Waals surface area contributed by atoms with Crippen LogP contribution in [-0.4, -0.2) is 22.1 Å². The van der Waals surface area contributed by atoms with Crippen LogP contribution in [0, 0.1) is 3.57 Å². The van der Waals surface area contributed by atoms with Gasteiger partial charge < -0.3 is 14.5 Å². The highest BCUT2D eigenvalue weighted by Crippen LogP contribution is 2.32. The van der Waals surface area contributed by atoms with Crippen molar-refractivity contribution in [2.45, 2.75) is 20.0 Å². The summed E-state index contributed by atoms with van der Waals surface area (Å²) in [7, 11) is 0. The molecule has 168 valence electrons.